The Labute approximate surface area is 183 Å². The fourth-order valence-corrected chi connectivity index (χ4v) is 3.35. The second-order valence-corrected chi connectivity index (χ2v) is 7.51. The Morgan fingerprint density at radius 2 is 1.30 bits per heavy atom. The summed E-state index contributed by atoms with van der Waals surface area (Å²) in [5.74, 6) is 0.379. The van der Waals surface area contributed by atoms with Gasteiger partial charge in [-0.25, -0.2) is 4.39 Å². The van der Waals surface area contributed by atoms with Crippen LogP contribution in [0.5, 0.6) is 11.8 Å². The van der Waals surface area contributed by atoms with E-state index >= 15 is 0 Å². The van der Waals surface area contributed by atoms with Crippen molar-refractivity contribution in [2.75, 3.05) is 0 Å². The lowest BCUT2D eigenvalue weighted by Gasteiger charge is -2.14. The van der Waals surface area contributed by atoms with Crippen LogP contribution >= 0.6 is 15.9 Å². The maximum absolute atomic E-state index is 14.7. The molecule has 0 unspecified atom stereocenters. The highest BCUT2D eigenvalue weighted by molar-refractivity contribution is 9.10. The monoisotopic (exact) mass is 463 g/mol. The van der Waals surface area contributed by atoms with Crippen LogP contribution < -0.4 is 9.47 Å². The van der Waals surface area contributed by atoms with E-state index in [0.29, 0.717) is 40.6 Å². The topological polar surface area (TPSA) is 31.4 Å². The molecule has 1 heterocycles. The molecule has 0 aliphatic rings. The first kappa shape index (κ1) is 20.1. The van der Waals surface area contributed by atoms with Gasteiger partial charge in [0.25, 0.3) is 0 Å². The van der Waals surface area contributed by atoms with Gasteiger partial charge in [-0.3, -0.25) is 0 Å². The van der Waals surface area contributed by atoms with Crippen molar-refractivity contribution in [3.05, 3.63) is 112 Å². The molecule has 30 heavy (non-hydrogen) atoms. The molecule has 4 rings (SSSR count). The predicted octanol–water partition coefficient (Wildman–Crippen LogP) is 6.81. The van der Waals surface area contributed by atoms with Crippen molar-refractivity contribution in [3.8, 4) is 22.9 Å². The first-order valence-corrected chi connectivity index (χ1v) is 10.3. The van der Waals surface area contributed by atoms with Crippen LogP contribution in [-0.4, -0.2) is 4.98 Å². The van der Waals surface area contributed by atoms with Crippen molar-refractivity contribution in [1.82, 2.24) is 4.98 Å². The quantitative estimate of drug-likeness (QED) is 0.301. The maximum atomic E-state index is 14.7. The van der Waals surface area contributed by atoms with Gasteiger partial charge in [0.05, 0.1) is 4.47 Å². The van der Waals surface area contributed by atoms with Gasteiger partial charge in [0.1, 0.15) is 19.0 Å². The van der Waals surface area contributed by atoms with Crippen LogP contribution in [0.4, 0.5) is 4.39 Å². The van der Waals surface area contributed by atoms with E-state index < -0.39 is 0 Å². The number of rotatable bonds is 7. The van der Waals surface area contributed by atoms with E-state index in [2.05, 4.69) is 20.9 Å². The van der Waals surface area contributed by atoms with E-state index in [1.54, 1.807) is 30.3 Å². The molecule has 0 saturated heterocycles. The lowest BCUT2D eigenvalue weighted by molar-refractivity contribution is 0.268. The van der Waals surface area contributed by atoms with Crippen LogP contribution in [-0.2, 0) is 13.2 Å². The van der Waals surface area contributed by atoms with Crippen LogP contribution in [0.15, 0.2) is 95.5 Å². The summed E-state index contributed by atoms with van der Waals surface area (Å²) in [5, 5.41) is 0. The maximum Gasteiger partial charge on any atom is 0.225 e. The average molecular weight is 464 g/mol. The molecular formula is C25H19BrFNO2. The van der Waals surface area contributed by atoms with Crippen LogP contribution in [0.2, 0.25) is 0 Å². The van der Waals surface area contributed by atoms with Gasteiger partial charge in [0.2, 0.25) is 11.8 Å². The van der Waals surface area contributed by atoms with Gasteiger partial charge in [-0.2, -0.15) is 4.98 Å². The van der Waals surface area contributed by atoms with Crippen molar-refractivity contribution >= 4 is 15.9 Å². The summed E-state index contributed by atoms with van der Waals surface area (Å²) < 4.78 is 27.0. The summed E-state index contributed by atoms with van der Waals surface area (Å²) >= 11 is 3.25. The smallest absolute Gasteiger partial charge is 0.225 e. The fourth-order valence-electron chi connectivity index (χ4n) is 2.99. The third-order valence-electron chi connectivity index (χ3n) is 4.52. The minimum atomic E-state index is -0.359. The normalized spacial score (nSPS) is 10.6. The summed E-state index contributed by atoms with van der Waals surface area (Å²) in [6.45, 7) is 0.704. The molecule has 0 radical (unpaired) electrons. The minimum Gasteiger partial charge on any atom is -0.473 e. The zero-order valence-corrected chi connectivity index (χ0v) is 17.7. The number of ether oxygens (including phenoxy) is 2. The molecule has 0 aliphatic carbocycles. The van der Waals surface area contributed by atoms with Gasteiger partial charge in [0.15, 0.2) is 0 Å². The van der Waals surface area contributed by atoms with Crippen LogP contribution in [0.25, 0.3) is 11.1 Å². The minimum absolute atomic E-state index is 0.318. The Bertz CT molecular complexity index is 1120. The Kier molecular flexibility index (Phi) is 6.40. The molecule has 0 saturated carbocycles. The van der Waals surface area contributed by atoms with Crippen LogP contribution in [0.3, 0.4) is 0 Å². The van der Waals surface area contributed by atoms with Crippen molar-refractivity contribution in [2.45, 2.75) is 13.2 Å². The zero-order chi connectivity index (χ0) is 20.8. The number of pyridine rings is 1. The summed E-state index contributed by atoms with van der Waals surface area (Å²) in [5.41, 5.74) is 3.01. The largest absolute Gasteiger partial charge is 0.473 e. The second kappa shape index (κ2) is 9.55. The van der Waals surface area contributed by atoms with E-state index in [0.717, 1.165) is 11.1 Å². The van der Waals surface area contributed by atoms with Crippen molar-refractivity contribution < 1.29 is 13.9 Å². The number of hydrogen-bond donors (Lipinski definition) is 0. The van der Waals surface area contributed by atoms with E-state index in [4.69, 9.17) is 9.47 Å². The lowest BCUT2D eigenvalue weighted by atomic mass is 10.1. The Morgan fingerprint density at radius 3 is 1.97 bits per heavy atom. The average Bonchev–Trinajstić information content (AvgIpc) is 2.80. The molecule has 3 aromatic carbocycles. The molecular weight excluding hydrogens is 445 g/mol. The number of benzene rings is 3. The number of nitrogens with zero attached hydrogens (tertiary/aromatic N) is 1. The molecule has 5 heteroatoms. The summed E-state index contributed by atoms with van der Waals surface area (Å²) in [6.07, 6.45) is 0. The molecule has 0 bridgehead atoms. The SMILES string of the molecule is Fc1c(Br)cccc1-c1ccc(OCc2ccccc2)nc1OCc1ccccc1. The number of halogens is 2. The predicted molar refractivity (Wildman–Crippen MR) is 119 cm³/mol. The first-order chi connectivity index (χ1) is 14.7. The third kappa shape index (κ3) is 4.86. The molecule has 3 nitrogen and oxygen atoms in total. The van der Waals surface area contributed by atoms with Gasteiger partial charge < -0.3 is 9.47 Å². The first-order valence-electron chi connectivity index (χ1n) is 9.49. The van der Waals surface area contributed by atoms with Crippen LogP contribution in [0, 0.1) is 5.82 Å². The number of aromatic nitrogens is 1. The third-order valence-corrected chi connectivity index (χ3v) is 5.14. The van der Waals surface area contributed by atoms with Crippen molar-refractivity contribution in [1.29, 1.82) is 0 Å². The van der Waals surface area contributed by atoms with Crippen molar-refractivity contribution in [2.24, 2.45) is 0 Å². The molecule has 0 amide bonds. The Hall–Kier alpha value is -3.18. The standard InChI is InChI=1S/C25H19BrFNO2/c26-22-13-7-12-20(24(22)27)21-14-15-23(29-16-18-8-3-1-4-9-18)28-25(21)30-17-19-10-5-2-6-11-19/h1-15H,16-17H2. The fraction of sp³-hybridized carbons (Fsp3) is 0.0800. The van der Waals surface area contributed by atoms with Crippen molar-refractivity contribution in [3.63, 3.8) is 0 Å². The second-order valence-electron chi connectivity index (χ2n) is 6.65. The van der Waals surface area contributed by atoms with E-state index in [1.807, 2.05) is 60.7 Å². The summed E-state index contributed by atoms with van der Waals surface area (Å²) in [7, 11) is 0. The van der Waals surface area contributed by atoms with Gasteiger partial charge >= 0.3 is 0 Å². The van der Waals surface area contributed by atoms with Gasteiger partial charge in [0, 0.05) is 17.2 Å². The molecule has 150 valence electrons. The van der Waals surface area contributed by atoms with E-state index in [9.17, 15) is 4.39 Å². The Balaban J connectivity index is 1.63. The lowest BCUT2D eigenvalue weighted by Crippen LogP contribution is -2.03. The van der Waals surface area contributed by atoms with Gasteiger partial charge in [-0.05, 0) is 39.2 Å². The van der Waals surface area contributed by atoms with E-state index in [1.165, 1.54) is 0 Å². The molecule has 0 atom stereocenters. The molecule has 0 N–H and O–H groups in total. The molecule has 0 spiro atoms. The highest BCUT2D eigenvalue weighted by Crippen LogP contribution is 2.35. The van der Waals surface area contributed by atoms with Crippen LogP contribution in [0.1, 0.15) is 11.1 Å². The van der Waals surface area contributed by atoms with Gasteiger partial charge in [-0.15, -0.1) is 0 Å². The molecule has 0 fully saturated rings. The summed E-state index contributed by atoms with van der Waals surface area (Å²) in [4.78, 5) is 4.52. The molecule has 1 aromatic heterocycles. The molecule has 0 aliphatic heterocycles. The highest BCUT2D eigenvalue weighted by atomic mass is 79.9. The number of hydrogen-bond acceptors (Lipinski definition) is 3. The zero-order valence-electron chi connectivity index (χ0n) is 16.1. The Morgan fingerprint density at radius 1 is 0.667 bits per heavy atom. The molecule has 4 aromatic rings. The highest BCUT2D eigenvalue weighted by Gasteiger charge is 2.16. The van der Waals surface area contributed by atoms with E-state index in [-0.39, 0.29) is 5.82 Å². The summed E-state index contributed by atoms with van der Waals surface area (Å²) in [6, 6.07) is 28.3. The van der Waals surface area contributed by atoms with Gasteiger partial charge in [-0.1, -0.05) is 72.8 Å².